The lowest BCUT2D eigenvalue weighted by Gasteiger charge is -2.31. The highest BCUT2D eigenvalue weighted by Crippen LogP contribution is 2.27. The Balaban J connectivity index is 2.02. The van der Waals surface area contributed by atoms with Crippen molar-refractivity contribution in [3.8, 4) is 18.2 Å². The molecule has 0 saturated carbocycles. The summed E-state index contributed by atoms with van der Waals surface area (Å²) in [6, 6.07) is 21.8. The molecule has 0 aromatic heterocycles. The standard InChI is InChI=1S/C33H37N3O5/c1-8-36(31(38)28(21-24-12-10-9-11-13-24)35-32(39)41-33(4,5)6)29(25-19-22(2)18-23(3)20-25)30(37)34-26-14-16-27(40-7)17-15-26/h1,9-20,28-29H,21H2,2-7H3,(H,34,37)(H,35,39). The summed E-state index contributed by atoms with van der Waals surface area (Å²) in [7, 11) is 1.55. The smallest absolute Gasteiger partial charge is 0.408 e. The van der Waals surface area contributed by atoms with Crippen LogP contribution in [0.2, 0.25) is 0 Å². The maximum Gasteiger partial charge on any atom is 0.408 e. The average Bonchev–Trinajstić information content (AvgIpc) is 2.90. The number of ether oxygens (including phenoxy) is 2. The fraction of sp³-hybridized carbons (Fsp3) is 0.303. The average molecular weight is 556 g/mol. The van der Waals surface area contributed by atoms with Crippen LogP contribution in [-0.2, 0) is 20.7 Å². The van der Waals surface area contributed by atoms with Crippen LogP contribution in [0.5, 0.6) is 5.75 Å². The Labute approximate surface area is 242 Å². The predicted molar refractivity (Wildman–Crippen MR) is 159 cm³/mol. The van der Waals surface area contributed by atoms with Crippen LogP contribution in [0.25, 0.3) is 0 Å². The van der Waals surface area contributed by atoms with E-state index in [9.17, 15) is 14.4 Å². The molecule has 2 N–H and O–H groups in total. The van der Waals surface area contributed by atoms with Gasteiger partial charge >= 0.3 is 6.09 Å². The van der Waals surface area contributed by atoms with Gasteiger partial charge in [-0.1, -0.05) is 66.1 Å². The van der Waals surface area contributed by atoms with Crippen LogP contribution in [0.1, 0.15) is 49.1 Å². The molecule has 3 aromatic rings. The second-order valence-electron chi connectivity index (χ2n) is 10.8. The van der Waals surface area contributed by atoms with E-state index >= 15 is 0 Å². The molecule has 2 atom stereocenters. The Hall–Kier alpha value is -4.77. The maximum atomic E-state index is 14.1. The van der Waals surface area contributed by atoms with Crippen molar-refractivity contribution >= 4 is 23.6 Å². The Morgan fingerprint density at radius 2 is 1.56 bits per heavy atom. The lowest BCUT2D eigenvalue weighted by Crippen LogP contribution is -2.51. The van der Waals surface area contributed by atoms with E-state index in [-0.39, 0.29) is 6.42 Å². The highest BCUT2D eigenvalue weighted by Gasteiger charge is 2.36. The summed E-state index contributed by atoms with van der Waals surface area (Å²) < 4.78 is 10.6. The van der Waals surface area contributed by atoms with Gasteiger partial charge in [0.2, 0.25) is 0 Å². The summed E-state index contributed by atoms with van der Waals surface area (Å²) in [5.74, 6) is -0.510. The second kappa shape index (κ2) is 13.5. The molecule has 41 heavy (non-hydrogen) atoms. The van der Waals surface area contributed by atoms with E-state index in [1.165, 1.54) is 0 Å². The van der Waals surface area contributed by atoms with Gasteiger partial charge in [-0.3, -0.25) is 14.5 Å². The minimum Gasteiger partial charge on any atom is -0.497 e. The number of aryl methyl sites for hydroxylation is 2. The number of nitrogens with zero attached hydrogens (tertiary/aromatic N) is 1. The van der Waals surface area contributed by atoms with Gasteiger partial charge in [0.1, 0.15) is 23.4 Å². The maximum absolute atomic E-state index is 14.1. The molecule has 0 bridgehead atoms. The molecular formula is C33H37N3O5. The number of hydrogen-bond acceptors (Lipinski definition) is 5. The van der Waals surface area contributed by atoms with Crippen molar-refractivity contribution < 1.29 is 23.9 Å². The minimum atomic E-state index is -1.19. The largest absolute Gasteiger partial charge is 0.497 e. The van der Waals surface area contributed by atoms with Gasteiger partial charge in [0.25, 0.3) is 11.8 Å². The number of terminal acetylenes is 1. The molecule has 3 rings (SSSR count). The first-order chi connectivity index (χ1) is 19.4. The topological polar surface area (TPSA) is 97.0 Å². The molecule has 3 aromatic carbocycles. The van der Waals surface area contributed by atoms with Crippen LogP contribution < -0.4 is 15.4 Å². The van der Waals surface area contributed by atoms with Crippen LogP contribution >= 0.6 is 0 Å². The highest BCUT2D eigenvalue weighted by atomic mass is 16.6. The van der Waals surface area contributed by atoms with Crippen molar-refractivity contribution in [1.82, 2.24) is 10.2 Å². The number of alkyl carbamates (subject to hydrolysis) is 1. The Bertz CT molecular complexity index is 1390. The Kier molecular flexibility index (Phi) is 10.2. The fourth-order valence-corrected chi connectivity index (χ4v) is 4.40. The van der Waals surface area contributed by atoms with Crippen molar-refractivity contribution in [2.75, 3.05) is 12.4 Å². The summed E-state index contributed by atoms with van der Waals surface area (Å²) in [6.45, 7) is 8.99. The fourth-order valence-electron chi connectivity index (χ4n) is 4.40. The Morgan fingerprint density at radius 3 is 2.10 bits per heavy atom. The molecular weight excluding hydrogens is 518 g/mol. The molecule has 0 spiro atoms. The van der Waals surface area contributed by atoms with E-state index in [0.717, 1.165) is 21.6 Å². The van der Waals surface area contributed by atoms with Gasteiger partial charge in [-0.15, -0.1) is 0 Å². The van der Waals surface area contributed by atoms with Gasteiger partial charge < -0.3 is 20.1 Å². The second-order valence-corrected chi connectivity index (χ2v) is 10.8. The summed E-state index contributed by atoms with van der Waals surface area (Å²) in [4.78, 5) is 41.8. The molecule has 0 radical (unpaired) electrons. The number of carbonyl (C=O) groups excluding carboxylic acids is 3. The molecule has 2 unspecified atom stereocenters. The third-order valence-electron chi connectivity index (χ3n) is 6.07. The monoisotopic (exact) mass is 555 g/mol. The van der Waals surface area contributed by atoms with Crippen molar-refractivity contribution in [2.24, 2.45) is 0 Å². The quantitative estimate of drug-likeness (QED) is 0.267. The third kappa shape index (κ3) is 8.87. The first-order valence-electron chi connectivity index (χ1n) is 13.3. The van der Waals surface area contributed by atoms with Crippen LogP contribution in [-0.4, -0.2) is 41.6 Å². The van der Waals surface area contributed by atoms with E-state index in [1.54, 1.807) is 52.1 Å². The zero-order valence-corrected chi connectivity index (χ0v) is 24.4. The number of rotatable bonds is 9. The molecule has 8 heteroatoms. The van der Waals surface area contributed by atoms with E-state index in [1.807, 2.05) is 62.4 Å². The van der Waals surface area contributed by atoms with Gasteiger partial charge in [0.15, 0.2) is 0 Å². The van der Waals surface area contributed by atoms with Crippen LogP contribution in [0, 0.1) is 26.3 Å². The van der Waals surface area contributed by atoms with E-state index in [0.29, 0.717) is 17.0 Å². The van der Waals surface area contributed by atoms with E-state index in [2.05, 4.69) is 16.7 Å². The van der Waals surface area contributed by atoms with Crippen LogP contribution in [0.3, 0.4) is 0 Å². The molecule has 0 saturated heterocycles. The molecule has 0 aliphatic rings. The van der Waals surface area contributed by atoms with Gasteiger partial charge in [0, 0.05) is 18.2 Å². The number of carbonyl (C=O) groups is 3. The number of methoxy groups -OCH3 is 1. The van der Waals surface area contributed by atoms with Gasteiger partial charge in [-0.2, -0.15) is 0 Å². The molecule has 214 valence electrons. The molecule has 0 aliphatic heterocycles. The molecule has 0 fully saturated rings. The zero-order chi connectivity index (χ0) is 30.2. The molecule has 0 heterocycles. The van der Waals surface area contributed by atoms with Crippen LogP contribution in [0.4, 0.5) is 10.5 Å². The van der Waals surface area contributed by atoms with E-state index in [4.69, 9.17) is 15.9 Å². The highest BCUT2D eigenvalue weighted by molar-refractivity contribution is 5.99. The zero-order valence-electron chi connectivity index (χ0n) is 24.4. The lowest BCUT2D eigenvalue weighted by atomic mass is 9.98. The van der Waals surface area contributed by atoms with Crippen molar-refractivity contribution in [3.05, 3.63) is 95.1 Å². The SMILES string of the molecule is C#CN(C(=O)C(Cc1ccccc1)NC(=O)OC(C)(C)C)C(C(=O)Nc1ccc(OC)cc1)c1cc(C)cc(C)c1. The third-order valence-corrected chi connectivity index (χ3v) is 6.07. The summed E-state index contributed by atoms with van der Waals surface area (Å²) in [5, 5.41) is 5.54. The van der Waals surface area contributed by atoms with Crippen molar-refractivity contribution in [1.29, 1.82) is 0 Å². The van der Waals surface area contributed by atoms with Crippen molar-refractivity contribution in [3.63, 3.8) is 0 Å². The normalized spacial score (nSPS) is 12.3. The van der Waals surface area contributed by atoms with Gasteiger partial charge in [-0.05, 0) is 70.0 Å². The minimum absolute atomic E-state index is 0.136. The first-order valence-corrected chi connectivity index (χ1v) is 13.3. The van der Waals surface area contributed by atoms with Gasteiger partial charge in [0.05, 0.1) is 7.11 Å². The predicted octanol–water partition coefficient (Wildman–Crippen LogP) is 5.55. The number of amides is 3. The molecule has 3 amide bonds. The number of benzene rings is 3. The van der Waals surface area contributed by atoms with Crippen molar-refractivity contribution in [2.45, 2.75) is 58.7 Å². The summed E-state index contributed by atoms with van der Waals surface area (Å²) >= 11 is 0. The lowest BCUT2D eigenvalue weighted by molar-refractivity contribution is -0.136. The molecule has 0 aliphatic carbocycles. The summed E-state index contributed by atoms with van der Waals surface area (Å²) in [5.41, 5.74) is 2.86. The van der Waals surface area contributed by atoms with Gasteiger partial charge in [-0.25, -0.2) is 4.79 Å². The Morgan fingerprint density at radius 1 is 0.951 bits per heavy atom. The number of hydrogen-bond donors (Lipinski definition) is 2. The number of anilines is 1. The van der Waals surface area contributed by atoms with E-state index < -0.39 is 35.6 Å². The molecule has 8 nitrogen and oxygen atoms in total. The summed E-state index contributed by atoms with van der Waals surface area (Å²) in [6.07, 6.45) is 5.30. The van der Waals surface area contributed by atoms with Crippen LogP contribution in [0.15, 0.2) is 72.8 Å². The number of nitrogens with one attached hydrogen (secondary N) is 2. The first kappa shape index (κ1) is 30.8.